The van der Waals surface area contributed by atoms with E-state index in [9.17, 15) is 9.59 Å². The summed E-state index contributed by atoms with van der Waals surface area (Å²) in [5.74, 6) is 3.14. The van der Waals surface area contributed by atoms with Crippen LogP contribution in [0.3, 0.4) is 0 Å². The first-order chi connectivity index (χ1) is 14.5. The number of aryl methyl sites for hydroxylation is 1. The molecule has 0 radical (unpaired) electrons. The van der Waals surface area contributed by atoms with E-state index < -0.39 is 0 Å². The standard InChI is InChI=1S/C24H28N4O2/c1-14(24-11-15-7-16(12-24)9-17(8-15)13-24)26-27-22(29)18-4-5-19-20(10-18)25-21-3-2-6-28(21)23(19)30/h4-5,10,15-17H,2-3,6-9,11-13H2,1H3,(H,27,29)/b26-14-. The van der Waals surface area contributed by atoms with Gasteiger partial charge < -0.3 is 0 Å². The molecule has 156 valence electrons. The lowest BCUT2D eigenvalue weighted by molar-refractivity contribution is -0.0128. The molecular weight excluding hydrogens is 376 g/mol. The smallest absolute Gasteiger partial charge is 0.271 e. The summed E-state index contributed by atoms with van der Waals surface area (Å²) in [4.78, 5) is 30.1. The molecule has 5 aliphatic rings. The Morgan fingerprint density at radius 2 is 1.87 bits per heavy atom. The maximum Gasteiger partial charge on any atom is 0.271 e. The van der Waals surface area contributed by atoms with Crippen LogP contribution < -0.4 is 11.0 Å². The van der Waals surface area contributed by atoms with Crippen LogP contribution in [0.25, 0.3) is 10.9 Å². The Kier molecular flexibility index (Phi) is 3.96. The summed E-state index contributed by atoms with van der Waals surface area (Å²) in [5.41, 5.74) is 5.17. The van der Waals surface area contributed by atoms with Gasteiger partial charge in [0.05, 0.1) is 10.9 Å². The van der Waals surface area contributed by atoms with Crippen LogP contribution in [0.2, 0.25) is 0 Å². The SMILES string of the molecule is C/C(=N/NC(=O)c1ccc2c(=O)n3c(nc2c1)CCC3)C12CC3CC(CC(C3)C1)C2. The Labute approximate surface area is 175 Å². The van der Waals surface area contributed by atoms with Gasteiger partial charge in [-0.25, -0.2) is 10.4 Å². The van der Waals surface area contributed by atoms with Crippen LogP contribution in [-0.4, -0.2) is 21.2 Å². The number of fused-ring (bicyclic) bond motifs is 2. The third-order valence-electron chi connectivity index (χ3n) is 8.21. The highest BCUT2D eigenvalue weighted by molar-refractivity contribution is 5.98. The van der Waals surface area contributed by atoms with E-state index in [1.807, 2.05) is 0 Å². The maximum atomic E-state index is 12.8. The largest absolute Gasteiger partial charge is 0.296 e. The molecule has 4 bridgehead atoms. The molecule has 2 aromatic rings. The van der Waals surface area contributed by atoms with Gasteiger partial charge in [0.1, 0.15) is 5.82 Å². The number of rotatable bonds is 3. The zero-order chi connectivity index (χ0) is 20.5. The van der Waals surface area contributed by atoms with Gasteiger partial charge in [0, 0.05) is 29.7 Å². The third-order valence-corrected chi connectivity index (χ3v) is 8.21. The molecule has 0 saturated heterocycles. The highest BCUT2D eigenvalue weighted by atomic mass is 16.2. The van der Waals surface area contributed by atoms with Crippen molar-refractivity contribution < 1.29 is 4.79 Å². The fourth-order valence-corrected chi connectivity index (χ4v) is 7.10. The van der Waals surface area contributed by atoms with Crippen molar-refractivity contribution in [1.82, 2.24) is 15.0 Å². The predicted octanol–water partition coefficient (Wildman–Crippen LogP) is 3.66. The van der Waals surface area contributed by atoms with Gasteiger partial charge >= 0.3 is 0 Å². The number of nitrogens with zero attached hydrogens (tertiary/aromatic N) is 3. The molecule has 6 nitrogen and oxygen atoms in total. The Balaban J connectivity index is 1.25. The second-order valence-electron chi connectivity index (χ2n) is 10.2. The minimum Gasteiger partial charge on any atom is -0.296 e. The van der Waals surface area contributed by atoms with Crippen LogP contribution in [0.4, 0.5) is 0 Å². The minimum absolute atomic E-state index is 0.00450. The van der Waals surface area contributed by atoms with Gasteiger partial charge in [-0.1, -0.05) is 0 Å². The van der Waals surface area contributed by atoms with E-state index in [1.165, 1.54) is 38.5 Å². The number of carbonyl (C=O) groups excluding carboxylic acids is 1. The van der Waals surface area contributed by atoms with Crippen molar-refractivity contribution in [3.05, 3.63) is 39.9 Å². The third kappa shape index (κ3) is 2.76. The zero-order valence-electron chi connectivity index (χ0n) is 17.5. The first-order valence-corrected chi connectivity index (χ1v) is 11.4. The van der Waals surface area contributed by atoms with Crippen molar-refractivity contribution in [2.24, 2.45) is 28.3 Å². The van der Waals surface area contributed by atoms with E-state index in [2.05, 4.69) is 22.4 Å². The number of hydrazone groups is 1. The van der Waals surface area contributed by atoms with Crippen molar-refractivity contribution >= 4 is 22.5 Å². The van der Waals surface area contributed by atoms with E-state index in [0.29, 0.717) is 16.5 Å². The Morgan fingerprint density at radius 3 is 2.57 bits per heavy atom. The van der Waals surface area contributed by atoms with Gasteiger partial charge in [-0.15, -0.1) is 0 Å². The lowest BCUT2D eigenvalue weighted by Crippen LogP contribution is -2.49. The van der Waals surface area contributed by atoms with Gasteiger partial charge in [0.25, 0.3) is 11.5 Å². The molecule has 0 unspecified atom stereocenters. The number of aromatic nitrogens is 2. The van der Waals surface area contributed by atoms with Gasteiger partial charge in [0.15, 0.2) is 0 Å². The quantitative estimate of drug-likeness (QED) is 0.626. The molecule has 30 heavy (non-hydrogen) atoms. The molecule has 4 fully saturated rings. The lowest BCUT2D eigenvalue weighted by atomic mass is 9.48. The number of carbonyl (C=O) groups is 1. The molecule has 0 spiro atoms. The van der Waals surface area contributed by atoms with Crippen LogP contribution in [0.15, 0.2) is 28.1 Å². The van der Waals surface area contributed by atoms with Gasteiger partial charge in [-0.3, -0.25) is 14.2 Å². The van der Waals surface area contributed by atoms with E-state index >= 15 is 0 Å². The molecule has 6 heteroatoms. The topological polar surface area (TPSA) is 76.3 Å². The molecule has 1 aromatic carbocycles. The molecular formula is C24H28N4O2. The van der Waals surface area contributed by atoms with Crippen molar-refractivity contribution in [1.29, 1.82) is 0 Å². The highest BCUT2D eigenvalue weighted by Crippen LogP contribution is 2.60. The monoisotopic (exact) mass is 404 g/mol. The van der Waals surface area contributed by atoms with E-state index in [0.717, 1.165) is 48.7 Å². The molecule has 4 saturated carbocycles. The molecule has 1 aromatic heterocycles. The van der Waals surface area contributed by atoms with Crippen molar-refractivity contribution in [2.75, 3.05) is 0 Å². The van der Waals surface area contributed by atoms with Crippen molar-refractivity contribution in [2.45, 2.75) is 64.8 Å². The average molecular weight is 405 g/mol. The summed E-state index contributed by atoms with van der Waals surface area (Å²) >= 11 is 0. The van der Waals surface area contributed by atoms with Crippen LogP contribution in [0.5, 0.6) is 0 Å². The maximum absolute atomic E-state index is 12.8. The highest BCUT2D eigenvalue weighted by Gasteiger charge is 2.52. The number of nitrogens with one attached hydrogen (secondary N) is 1. The Hall–Kier alpha value is -2.50. The Bertz CT molecular complexity index is 1110. The summed E-state index contributed by atoms with van der Waals surface area (Å²) in [6.07, 6.45) is 9.66. The lowest BCUT2D eigenvalue weighted by Gasteiger charge is -2.56. The van der Waals surface area contributed by atoms with Crippen molar-refractivity contribution in [3.63, 3.8) is 0 Å². The average Bonchev–Trinajstić information content (AvgIpc) is 3.19. The number of benzene rings is 1. The molecule has 0 atom stereocenters. The first kappa shape index (κ1) is 18.3. The fraction of sp³-hybridized carbons (Fsp3) is 0.583. The second kappa shape index (κ2) is 6.50. The van der Waals surface area contributed by atoms with Crippen LogP contribution >= 0.6 is 0 Å². The summed E-state index contributed by atoms with van der Waals surface area (Å²) in [6, 6.07) is 5.15. The molecule has 1 amide bonds. The normalized spacial score (nSPS) is 31.9. The van der Waals surface area contributed by atoms with Crippen LogP contribution in [0, 0.1) is 23.2 Å². The Morgan fingerprint density at radius 1 is 1.17 bits per heavy atom. The molecule has 7 rings (SSSR count). The molecule has 4 aliphatic carbocycles. The van der Waals surface area contributed by atoms with Crippen LogP contribution in [-0.2, 0) is 13.0 Å². The van der Waals surface area contributed by atoms with Gasteiger partial charge in [0.2, 0.25) is 0 Å². The van der Waals surface area contributed by atoms with E-state index in [1.54, 1.807) is 22.8 Å². The second-order valence-corrected chi connectivity index (χ2v) is 10.2. The van der Waals surface area contributed by atoms with Crippen LogP contribution in [0.1, 0.15) is 68.1 Å². The summed E-state index contributed by atoms with van der Waals surface area (Å²) in [6.45, 7) is 2.83. The first-order valence-electron chi connectivity index (χ1n) is 11.4. The van der Waals surface area contributed by atoms with Crippen molar-refractivity contribution in [3.8, 4) is 0 Å². The number of hydrogen-bond acceptors (Lipinski definition) is 4. The molecule has 1 aliphatic heterocycles. The zero-order valence-corrected chi connectivity index (χ0v) is 17.5. The van der Waals surface area contributed by atoms with E-state index in [-0.39, 0.29) is 16.9 Å². The number of amides is 1. The predicted molar refractivity (Wildman–Crippen MR) is 116 cm³/mol. The van der Waals surface area contributed by atoms with Gasteiger partial charge in [-0.2, -0.15) is 5.10 Å². The summed E-state index contributed by atoms with van der Waals surface area (Å²) < 4.78 is 1.75. The number of hydrogen-bond donors (Lipinski definition) is 1. The molecule has 1 N–H and O–H groups in total. The summed E-state index contributed by atoms with van der Waals surface area (Å²) in [7, 11) is 0. The van der Waals surface area contributed by atoms with Gasteiger partial charge in [-0.05, 0) is 87.8 Å². The van der Waals surface area contributed by atoms with E-state index in [4.69, 9.17) is 0 Å². The minimum atomic E-state index is -0.233. The summed E-state index contributed by atoms with van der Waals surface area (Å²) in [5, 5.41) is 5.15. The molecule has 2 heterocycles. The fourth-order valence-electron chi connectivity index (χ4n) is 7.10.